The minimum atomic E-state index is -4.83. The van der Waals surface area contributed by atoms with Crippen molar-refractivity contribution in [3.8, 4) is 5.75 Å². The maximum atomic E-state index is 14.2. The molecule has 4 rings (SSSR count). The van der Waals surface area contributed by atoms with Crippen LogP contribution in [-0.2, 0) is 19.1 Å². The molecule has 38 heavy (non-hydrogen) atoms. The van der Waals surface area contributed by atoms with Crippen LogP contribution in [0.4, 0.5) is 18.9 Å². The van der Waals surface area contributed by atoms with Gasteiger partial charge in [0.2, 0.25) is 0 Å². The Hall–Kier alpha value is -4.41. The van der Waals surface area contributed by atoms with Crippen LogP contribution in [0.3, 0.4) is 0 Å². The van der Waals surface area contributed by atoms with Gasteiger partial charge < -0.3 is 15.4 Å². The van der Waals surface area contributed by atoms with Gasteiger partial charge in [0.25, 0.3) is 11.8 Å². The highest BCUT2D eigenvalue weighted by atomic mass is 19.4. The molecule has 0 aliphatic carbocycles. The molecule has 0 unspecified atom stereocenters. The second-order valence-electron chi connectivity index (χ2n) is 8.74. The lowest BCUT2D eigenvalue weighted by molar-refractivity contribution is -0.141. The van der Waals surface area contributed by atoms with Crippen molar-refractivity contribution in [2.75, 3.05) is 19.1 Å². The van der Waals surface area contributed by atoms with Crippen molar-refractivity contribution < 1.29 is 27.5 Å². The lowest BCUT2D eigenvalue weighted by Gasteiger charge is -2.21. The van der Waals surface area contributed by atoms with Gasteiger partial charge >= 0.3 is 6.18 Å². The molecule has 2 aromatic heterocycles. The maximum Gasteiger partial charge on any atom is 0.437 e. The first-order valence-electron chi connectivity index (χ1n) is 11.7. The van der Waals surface area contributed by atoms with Crippen LogP contribution in [0.15, 0.2) is 48.5 Å². The van der Waals surface area contributed by atoms with E-state index in [0.29, 0.717) is 28.6 Å². The molecule has 0 radical (unpaired) electrons. The largest absolute Gasteiger partial charge is 0.497 e. The molecule has 0 aliphatic heterocycles. The van der Waals surface area contributed by atoms with Crippen LogP contribution in [0.1, 0.15) is 50.3 Å². The second kappa shape index (κ2) is 10.2. The Morgan fingerprint density at radius 3 is 2.47 bits per heavy atom. The topological polar surface area (TPSA) is 103 Å². The zero-order valence-electron chi connectivity index (χ0n) is 21.3. The SMILES string of the molecule is CCc1cccc2nc(C(N)=O)cc(C(=O)N(C)c3c(C(F)(F)F)nn(Cc4cccc(OC)c4)c3C)c12. The van der Waals surface area contributed by atoms with E-state index >= 15 is 0 Å². The van der Waals surface area contributed by atoms with Crippen LogP contribution in [0.25, 0.3) is 10.9 Å². The summed E-state index contributed by atoms with van der Waals surface area (Å²) in [4.78, 5) is 30.9. The van der Waals surface area contributed by atoms with Gasteiger partial charge in [-0.2, -0.15) is 18.3 Å². The van der Waals surface area contributed by atoms with E-state index in [2.05, 4.69) is 10.1 Å². The molecular formula is C27H26F3N5O3. The van der Waals surface area contributed by atoms with E-state index in [1.54, 1.807) is 42.5 Å². The molecular weight excluding hydrogens is 499 g/mol. The molecule has 0 spiro atoms. The van der Waals surface area contributed by atoms with Gasteiger partial charge in [-0.3, -0.25) is 14.3 Å². The number of benzene rings is 2. The molecule has 8 nitrogen and oxygen atoms in total. The van der Waals surface area contributed by atoms with Crippen molar-refractivity contribution in [1.29, 1.82) is 0 Å². The first-order valence-corrected chi connectivity index (χ1v) is 11.7. The van der Waals surface area contributed by atoms with E-state index in [1.807, 2.05) is 6.92 Å². The van der Waals surface area contributed by atoms with E-state index in [-0.39, 0.29) is 29.2 Å². The molecule has 2 N–H and O–H groups in total. The number of nitrogens with zero attached hydrogens (tertiary/aromatic N) is 4. The molecule has 0 saturated carbocycles. The molecule has 0 saturated heterocycles. The number of pyridine rings is 1. The fourth-order valence-corrected chi connectivity index (χ4v) is 4.46. The summed E-state index contributed by atoms with van der Waals surface area (Å²) in [6.45, 7) is 3.37. The van der Waals surface area contributed by atoms with Crippen LogP contribution in [0, 0.1) is 6.92 Å². The average molecular weight is 526 g/mol. The van der Waals surface area contributed by atoms with Gasteiger partial charge in [-0.1, -0.05) is 31.2 Å². The summed E-state index contributed by atoms with van der Waals surface area (Å²) < 4.78 is 48.9. The van der Waals surface area contributed by atoms with Crippen LogP contribution >= 0.6 is 0 Å². The highest BCUT2D eigenvalue weighted by molar-refractivity contribution is 6.15. The summed E-state index contributed by atoms with van der Waals surface area (Å²) in [6, 6.07) is 13.3. The van der Waals surface area contributed by atoms with Gasteiger partial charge in [0, 0.05) is 12.4 Å². The number of aryl methyl sites for hydroxylation is 1. The molecule has 2 amide bonds. The van der Waals surface area contributed by atoms with Crippen molar-refractivity contribution in [3.05, 3.63) is 82.3 Å². The Bertz CT molecular complexity index is 1550. The fourth-order valence-electron chi connectivity index (χ4n) is 4.46. The second-order valence-corrected chi connectivity index (χ2v) is 8.74. The third-order valence-corrected chi connectivity index (χ3v) is 6.33. The Morgan fingerprint density at radius 2 is 1.84 bits per heavy atom. The summed E-state index contributed by atoms with van der Waals surface area (Å²) in [5, 5.41) is 4.29. The predicted octanol–water partition coefficient (Wildman–Crippen LogP) is 4.75. The third kappa shape index (κ3) is 4.91. The first-order chi connectivity index (χ1) is 18.0. The first kappa shape index (κ1) is 26.6. The number of carbonyl (C=O) groups is 2. The summed E-state index contributed by atoms with van der Waals surface area (Å²) >= 11 is 0. The molecule has 2 aromatic carbocycles. The summed E-state index contributed by atoms with van der Waals surface area (Å²) in [6.07, 6.45) is -4.30. The van der Waals surface area contributed by atoms with Gasteiger partial charge in [-0.25, -0.2) is 4.98 Å². The van der Waals surface area contributed by atoms with Gasteiger partial charge in [-0.15, -0.1) is 0 Å². The van der Waals surface area contributed by atoms with Crippen molar-refractivity contribution in [2.24, 2.45) is 5.73 Å². The van der Waals surface area contributed by atoms with Gasteiger partial charge in [0.1, 0.15) is 11.4 Å². The van der Waals surface area contributed by atoms with E-state index < -0.39 is 23.7 Å². The quantitative estimate of drug-likeness (QED) is 0.375. The monoisotopic (exact) mass is 525 g/mol. The molecule has 198 valence electrons. The van der Waals surface area contributed by atoms with Crippen LogP contribution in [0.5, 0.6) is 5.75 Å². The maximum absolute atomic E-state index is 14.2. The number of amides is 2. The molecule has 0 fully saturated rings. The highest BCUT2D eigenvalue weighted by Gasteiger charge is 2.41. The van der Waals surface area contributed by atoms with Crippen LogP contribution in [0.2, 0.25) is 0 Å². The molecule has 0 bridgehead atoms. The molecule has 0 aliphatic rings. The summed E-state index contributed by atoms with van der Waals surface area (Å²) in [5.74, 6) is -1.06. The number of hydrogen-bond acceptors (Lipinski definition) is 5. The fraction of sp³-hybridized carbons (Fsp3) is 0.259. The minimum absolute atomic E-state index is 0.0248. The van der Waals surface area contributed by atoms with Gasteiger partial charge in [0.15, 0.2) is 5.69 Å². The molecule has 4 aromatic rings. The smallest absolute Gasteiger partial charge is 0.437 e. The zero-order chi connectivity index (χ0) is 27.8. The van der Waals surface area contributed by atoms with Crippen molar-refractivity contribution in [1.82, 2.24) is 14.8 Å². The number of halogens is 3. The molecule has 0 atom stereocenters. The Labute approximate surface area is 216 Å². The van der Waals surface area contributed by atoms with Crippen LogP contribution in [-0.4, -0.2) is 40.7 Å². The Kier molecular flexibility index (Phi) is 7.12. The highest BCUT2D eigenvalue weighted by Crippen LogP contribution is 2.39. The number of ether oxygens (including phenoxy) is 1. The van der Waals surface area contributed by atoms with E-state index in [9.17, 15) is 22.8 Å². The predicted molar refractivity (Wildman–Crippen MR) is 136 cm³/mol. The number of rotatable bonds is 7. The van der Waals surface area contributed by atoms with E-state index in [4.69, 9.17) is 10.5 Å². The number of anilines is 1. The number of methoxy groups -OCH3 is 1. The van der Waals surface area contributed by atoms with Crippen molar-refractivity contribution in [3.63, 3.8) is 0 Å². The summed E-state index contributed by atoms with van der Waals surface area (Å²) in [7, 11) is 2.75. The minimum Gasteiger partial charge on any atom is -0.497 e. The Morgan fingerprint density at radius 1 is 1.13 bits per heavy atom. The normalized spacial score (nSPS) is 11.6. The molecule has 2 heterocycles. The number of fused-ring (bicyclic) bond motifs is 1. The van der Waals surface area contributed by atoms with Crippen LogP contribution < -0.4 is 15.4 Å². The number of primary amides is 1. The standard InChI is InChI=1S/C27H26F3N5O3/c1-5-17-9-7-11-20-22(17)19(13-21(32-20)25(31)36)26(37)34(3)23-15(2)35(33-24(23)27(28,29)30)14-16-8-6-10-18(12-16)38-4/h6-13H,5,14H2,1-4H3,(H2,31,36). The lowest BCUT2D eigenvalue weighted by atomic mass is 9.99. The number of aromatic nitrogens is 3. The number of nitrogens with two attached hydrogens (primary N) is 1. The average Bonchev–Trinajstić information content (AvgIpc) is 3.22. The van der Waals surface area contributed by atoms with E-state index in [0.717, 1.165) is 10.5 Å². The number of alkyl halides is 3. The lowest BCUT2D eigenvalue weighted by Crippen LogP contribution is -2.30. The van der Waals surface area contributed by atoms with Gasteiger partial charge in [0.05, 0.1) is 36.1 Å². The number of hydrogen-bond donors (Lipinski definition) is 1. The van der Waals surface area contributed by atoms with Crippen molar-refractivity contribution >= 4 is 28.4 Å². The number of carbonyl (C=O) groups excluding carboxylic acids is 2. The summed E-state index contributed by atoms with van der Waals surface area (Å²) in [5.41, 5.74) is 5.63. The Balaban J connectivity index is 1.86. The van der Waals surface area contributed by atoms with E-state index in [1.165, 1.54) is 31.8 Å². The zero-order valence-corrected chi connectivity index (χ0v) is 21.3. The van der Waals surface area contributed by atoms with Gasteiger partial charge in [-0.05, 0) is 48.7 Å². The van der Waals surface area contributed by atoms with Crippen molar-refractivity contribution in [2.45, 2.75) is 33.0 Å². The third-order valence-electron chi connectivity index (χ3n) is 6.33. The molecule has 11 heteroatoms.